The maximum atomic E-state index is 12.3. The minimum Gasteiger partial charge on any atom is -0.487 e. The number of hydrogen-bond acceptors (Lipinski definition) is 4. The van der Waals surface area contributed by atoms with Crippen LogP contribution in [0.4, 0.5) is 16.2 Å². The Morgan fingerprint density at radius 1 is 1.06 bits per heavy atom. The summed E-state index contributed by atoms with van der Waals surface area (Å²) in [6, 6.07) is 18.6. The number of urea groups is 1. The molecule has 0 saturated heterocycles. The lowest BCUT2D eigenvalue weighted by Crippen LogP contribution is -2.19. The molecule has 0 unspecified atom stereocenters. The summed E-state index contributed by atoms with van der Waals surface area (Å²) in [5.74, 6) is 0.529. The molecule has 2 aromatic heterocycles. The fraction of sp³-hybridized carbons (Fsp3) is 0.0870. The number of nitrogens with one attached hydrogen (secondary N) is 2. The molecule has 2 N–H and O–H groups in total. The standard InChI is InChI=1S/C23H19ClN4O3/c1-15-9-10-28-21(11-15)25-17(13-22(28)29)14-31-18-6-4-5-16(12-18)26-23(30)27-20-8-3-2-7-19(20)24/h2-13H,14H2,1H3,(H2,26,27,30). The summed E-state index contributed by atoms with van der Waals surface area (Å²) in [4.78, 5) is 29.0. The first-order valence-corrected chi connectivity index (χ1v) is 9.90. The molecular weight excluding hydrogens is 416 g/mol. The highest BCUT2D eigenvalue weighted by Crippen LogP contribution is 2.22. The molecule has 0 aliphatic heterocycles. The summed E-state index contributed by atoms with van der Waals surface area (Å²) in [5.41, 5.74) is 2.99. The van der Waals surface area contributed by atoms with E-state index in [0.717, 1.165) is 5.56 Å². The number of pyridine rings is 1. The second-order valence-corrected chi connectivity index (χ2v) is 7.30. The molecular formula is C23H19ClN4O3. The second-order valence-electron chi connectivity index (χ2n) is 6.89. The van der Waals surface area contributed by atoms with Crippen molar-refractivity contribution in [1.29, 1.82) is 0 Å². The predicted molar refractivity (Wildman–Crippen MR) is 121 cm³/mol. The molecule has 0 spiro atoms. The molecule has 31 heavy (non-hydrogen) atoms. The second kappa shape index (κ2) is 8.89. The smallest absolute Gasteiger partial charge is 0.323 e. The fourth-order valence-corrected chi connectivity index (χ4v) is 3.18. The van der Waals surface area contributed by atoms with Crippen LogP contribution in [0.15, 0.2) is 77.7 Å². The van der Waals surface area contributed by atoms with Gasteiger partial charge < -0.3 is 15.4 Å². The van der Waals surface area contributed by atoms with Crippen molar-refractivity contribution in [3.63, 3.8) is 0 Å². The molecule has 156 valence electrons. The molecule has 8 heteroatoms. The van der Waals surface area contributed by atoms with Crippen LogP contribution >= 0.6 is 11.6 Å². The summed E-state index contributed by atoms with van der Waals surface area (Å²) in [6.07, 6.45) is 1.70. The van der Waals surface area contributed by atoms with Crippen LogP contribution in [0, 0.1) is 6.92 Å². The highest BCUT2D eigenvalue weighted by molar-refractivity contribution is 6.33. The summed E-state index contributed by atoms with van der Waals surface area (Å²) in [5, 5.41) is 5.88. The van der Waals surface area contributed by atoms with E-state index in [4.69, 9.17) is 16.3 Å². The fourth-order valence-electron chi connectivity index (χ4n) is 3.00. The Hall–Kier alpha value is -3.84. The number of fused-ring (bicyclic) bond motifs is 1. The summed E-state index contributed by atoms with van der Waals surface area (Å²) in [6.45, 7) is 2.06. The van der Waals surface area contributed by atoms with Crippen LogP contribution < -0.4 is 20.9 Å². The Morgan fingerprint density at radius 2 is 1.90 bits per heavy atom. The van der Waals surface area contributed by atoms with E-state index in [1.54, 1.807) is 54.7 Å². The average Bonchev–Trinajstić information content (AvgIpc) is 2.74. The van der Waals surface area contributed by atoms with Gasteiger partial charge in [0.15, 0.2) is 0 Å². The van der Waals surface area contributed by atoms with Crippen molar-refractivity contribution in [2.45, 2.75) is 13.5 Å². The first kappa shape index (κ1) is 20.4. The number of benzene rings is 2. The van der Waals surface area contributed by atoms with E-state index < -0.39 is 6.03 Å². The molecule has 0 aliphatic rings. The van der Waals surface area contributed by atoms with Gasteiger partial charge in [-0.1, -0.05) is 29.8 Å². The van der Waals surface area contributed by atoms with E-state index in [-0.39, 0.29) is 12.2 Å². The van der Waals surface area contributed by atoms with Crippen LogP contribution in [0.3, 0.4) is 0 Å². The SMILES string of the molecule is Cc1ccn2c(=O)cc(COc3cccc(NC(=O)Nc4ccccc4Cl)c3)nc2c1. The average molecular weight is 435 g/mol. The summed E-state index contributed by atoms with van der Waals surface area (Å²) in [7, 11) is 0. The monoisotopic (exact) mass is 434 g/mol. The van der Waals surface area contributed by atoms with Crippen molar-refractivity contribution in [2.24, 2.45) is 0 Å². The van der Waals surface area contributed by atoms with Gasteiger partial charge in [0.2, 0.25) is 0 Å². The number of aromatic nitrogens is 2. The van der Waals surface area contributed by atoms with Crippen LogP contribution in [-0.4, -0.2) is 15.4 Å². The van der Waals surface area contributed by atoms with Crippen molar-refractivity contribution in [2.75, 3.05) is 10.6 Å². The van der Waals surface area contributed by atoms with Crippen molar-refractivity contribution >= 4 is 34.7 Å². The molecule has 0 bridgehead atoms. The van der Waals surface area contributed by atoms with Crippen LogP contribution in [0.1, 0.15) is 11.3 Å². The molecule has 4 rings (SSSR count). The summed E-state index contributed by atoms with van der Waals surface area (Å²) >= 11 is 6.06. The zero-order chi connectivity index (χ0) is 21.8. The highest BCUT2D eigenvalue weighted by Gasteiger charge is 2.07. The lowest BCUT2D eigenvalue weighted by atomic mass is 10.3. The first-order chi connectivity index (χ1) is 15.0. The van der Waals surface area contributed by atoms with Gasteiger partial charge in [0.1, 0.15) is 18.0 Å². The molecule has 0 atom stereocenters. The minimum absolute atomic E-state index is 0.120. The van der Waals surface area contributed by atoms with E-state index in [0.29, 0.717) is 33.5 Å². The van der Waals surface area contributed by atoms with Gasteiger partial charge in [-0.15, -0.1) is 0 Å². The number of halogens is 1. The van der Waals surface area contributed by atoms with E-state index in [2.05, 4.69) is 15.6 Å². The molecule has 0 aliphatic carbocycles. The topological polar surface area (TPSA) is 84.7 Å². The van der Waals surface area contributed by atoms with Gasteiger partial charge in [0.25, 0.3) is 5.56 Å². The van der Waals surface area contributed by atoms with Crippen LogP contribution in [0.5, 0.6) is 5.75 Å². The van der Waals surface area contributed by atoms with Crippen LogP contribution in [0.2, 0.25) is 5.02 Å². The molecule has 0 saturated carbocycles. The number of aryl methyl sites for hydroxylation is 1. The van der Waals surface area contributed by atoms with E-state index in [9.17, 15) is 9.59 Å². The normalized spacial score (nSPS) is 10.6. The van der Waals surface area contributed by atoms with Gasteiger partial charge in [0.05, 0.1) is 16.4 Å². The van der Waals surface area contributed by atoms with Gasteiger partial charge in [-0.25, -0.2) is 9.78 Å². The number of ether oxygens (including phenoxy) is 1. The summed E-state index contributed by atoms with van der Waals surface area (Å²) < 4.78 is 7.27. The first-order valence-electron chi connectivity index (χ1n) is 9.52. The van der Waals surface area contributed by atoms with E-state index >= 15 is 0 Å². The Balaban J connectivity index is 1.43. The van der Waals surface area contributed by atoms with Gasteiger partial charge in [-0.05, 0) is 48.9 Å². The number of para-hydroxylation sites is 1. The van der Waals surface area contributed by atoms with Gasteiger partial charge in [0, 0.05) is 24.0 Å². The number of hydrogen-bond donors (Lipinski definition) is 2. The van der Waals surface area contributed by atoms with Crippen LogP contribution in [0.25, 0.3) is 5.65 Å². The quantitative estimate of drug-likeness (QED) is 0.469. The van der Waals surface area contributed by atoms with Crippen molar-refractivity contribution in [3.8, 4) is 5.75 Å². The van der Waals surface area contributed by atoms with Crippen LogP contribution in [-0.2, 0) is 6.61 Å². The number of carbonyl (C=O) groups is 1. The maximum Gasteiger partial charge on any atom is 0.323 e. The van der Waals surface area contributed by atoms with Crippen molar-refractivity contribution in [3.05, 3.63) is 99.6 Å². The number of rotatable bonds is 5. The zero-order valence-electron chi connectivity index (χ0n) is 16.6. The molecule has 2 amide bonds. The lowest BCUT2D eigenvalue weighted by Gasteiger charge is -2.11. The molecule has 0 radical (unpaired) electrons. The Kier molecular flexibility index (Phi) is 5.86. The van der Waals surface area contributed by atoms with E-state index in [1.165, 1.54) is 10.5 Å². The molecule has 7 nitrogen and oxygen atoms in total. The maximum absolute atomic E-state index is 12.3. The predicted octanol–water partition coefficient (Wildman–Crippen LogP) is 4.88. The number of anilines is 2. The Labute approximate surface area is 183 Å². The molecule has 0 fully saturated rings. The largest absolute Gasteiger partial charge is 0.487 e. The van der Waals surface area contributed by atoms with E-state index in [1.807, 2.05) is 19.1 Å². The molecule has 4 aromatic rings. The van der Waals surface area contributed by atoms with Gasteiger partial charge in [-0.3, -0.25) is 9.20 Å². The van der Waals surface area contributed by atoms with Crippen molar-refractivity contribution in [1.82, 2.24) is 9.38 Å². The number of amides is 2. The Morgan fingerprint density at radius 3 is 2.74 bits per heavy atom. The van der Waals surface area contributed by atoms with Crippen molar-refractivity contribution < 1.29 is 9.53 Å². The minimum atomic E-state index is -0.426. The third-order valence-electron chi connectivity index (χ3n) is 4.48. The molecule has 2 heterocycles. The van der Waals surface area contributed by atoms with Gasteiger partial charge >= 0.3 is 6.03 Å². The lowest BCUT2D eigenvalue weighted by molar-refractivity contribution is 0.262. The van der Waals surface area contributed by atoms with Gasteiger partial charge in [-0.2, -0.15) is 0 Å². The highest BCUT2D eigenvalue weighted by atomic mass is 35.5. The number of nitrogens with zero attached hydrogens (tertiary/aromatic N) is 2. The Bertz CT molecular complexity index is 1320. The third-order valence-corrected chi connectivity index (χ3v) is 4.81. The molecule has 2 aromatic carbocycles. The zero-order valence-corrected chi connectivity index (χ0v) is 17.4. The number of carbonyl (C=O) groups excluding carboxylic acids is 1. The third kappa shape index (κ3) is 5.02.